The van der Waals surface area contributed by atoms with E-state index in [-0.39, 0.29) is 2380 Å². The molecule has 0 N–H and O–H groups in total. The third-order valence-electron chi connectivity index (χ3n) is 0. The van der Waals surface area contributed by atoms with Crippen molar-refractivity contribution < 1.29 is 2380 Å². The Hall–Kier alpha value is 77.8. The van der Waals surface area contributed by atoms with Crippen molar-refractivity contribution in [1.29, 1.82) is 0 Å². The zero-order valence-corrected chi connectivity index (χ0v) is 292. The molecule has 1130 valence electrons. The van der Waals surface area contributed by atoms with Crippen molar-refractivity contribution in [1.82, 2.24) is 0 Å². The van der Waals surface area contributed by atoms with E-state index in [1.54, 1.807) is 0 Å². The minimum Gasteiger partial charge on any atom is 0 e. The molecule has 0 aromatic rings. The summed E-state index contributed by atoms with van der Waals surface area (Å²) in [5, 5.41) is 0. The molecule has 0 rings (SSSR count). The second-order valence-electron chi connectivity index (χ2n) is 0. The largest absolute Gasteiger partial charge is 0 e. The molecule has 0 spiro atoms. The van der Waals surface area contributed by atoms with E-state index in [2.05, 4.69) is 0 Å². The first-order valence-corrected chi connectivity index (χ1v) is 0. The van der Waals surface area contributed by atoms with Crippen LogP contribution in [0.4, 0.5) is 0 Å². The van der Waals surface area contributed by atoms with E-state index in [1.165, 1.54) is 0 Å². The summed E-state index contributed by atoms with van der Waals surface area (Å²) >= 11 is 0. The maximum absolute atomic E-state index is 0. The molecule has 0 aliphatic rings. The average molecular weight is 22000 g/mol. The van der Waals surface area contributed by atoms with Crippen LogP contribution in [0.25, 0.3) is 0 Å². The molecule has 0 unspecified atom stereocenters. The molecule has 0 aliphatic heterocycles. The molecule has 0 aromatic carbocycles. The molecule has 0 atom stereocenters. The summed E-state index contributed by atoms with van der Waals surface area (Å²) in [6, 6.07) is 0. The molecule has 113 heteroatoms. The van der Waals surface area contributed by atoms with E-state index in [1.807, 2.05) is 0 Å². The fraction of sp³-hybridized carbons (Fsp3) is 0. The smallest absolute Gasteiger partial charge is 0 e. The monoisotopic (exact) mass is 22000 g/mol. The molecule has 0 saturated heterocycles. The Labute approximate surface area is 2310 Å². The van der Waals surface area contributed by atoms with Crippen LogP contribution < -0.4 is 0 Å². The minimum absolute atomic E-state index is 0. The van der Waals surface area contributed by atoms with Crippen molar-refractivity contribution in [3.8, 4) is 0 Å². The molecule has 113 heavy (non-hydrogen) atoms. The minimum atomic E-state index is 0. The van der Waals surface area contributed by atoms with E-state index >= 15 is 0 Å². The number of rotatable bonds is 0. The van der Waals surface area contributed by atoms with Crippen LogP contribution in [0.15, 0.2) is 0 Å². The van der Waals surface area contributed by atoms with Gasteiger partial charge in [-0.1, -0.05) is 0 Å². The molecule has 0 aromatic heterocycles. The second kappa shape index (κ2) is 1120. The van der Waals surface area contributed by atoms with Gasteiger partial charge in [-0.3, -0.25) is 0 Å². The van der Waals surface area contributed by atoms with E-state index in [4.69, 9.17) is 0 Å². The molecule has 0 radical (unpaired) electrons. The number of hydrogen-bond donors (Lipinski definition) is 0. The predicted molar refractivity (Wildman–Crippen MR) is 0 cm³/mol. The van der Waals surface area contributed by atoms with Gasteiger partial charge >= 0.3 is 0 Å². The van der Waals surface area contributed by atoms with E-state index < -0.39 is 0 Å². The number of hydrogen-bond acceptors (Lipinski definition) is 0. The second-order valence-corrected chi connectivity index (χ2v) is 0. The molecule has 0 saturated carbocycles. The van der Waals surface area contributed by atoms with Crippen molar-refractivity contribution in [2.45, 2.75) is 0 Å². The first kappa shape index (κ1) is 1140. The Morgan fingerprint density at radius 3 is 0.00885 bits per heavy atom. The predicted octanol–water partition coefficient (Wildman–Crippen LogP) is -0.283. The van der Waals surface area contributed by atoms with E-state index in [0.29, 0.717) is 0 Å². The van der Waals surface area contributed by atoms with Crippen LogP contribution in [0.1, 0.15) is 0 Å². The van der Waals surface area contributed by atoms with Gasteiger partial charge in [0.05, 0.1) is 0 Å². The van der Waals surface area contributed by atoms with Gasteiger partial charge in [-0.05, 0) is 0 Å². The van der Waals surface area contributed by atoms with Crippen LogP contribution in [-0.2, 0) is 2380 Å². The average Bonchev–Trinajstić information content (AvgIpc) is 0. The summed E-state index contributed by atoms with van der Waals surface area (Å²) in [5.74, 6) is 0. The first-order valence-electron chi connectivity index (χ1n) is 0. The van der Waals surface area contributed by atoms with Gasteiger partial charge in [0.15, 0.2) is 0 Å². The zero-order chi connectivity index (χ0) is 0. The Morgan fingerprint density at radius 2 is 0.00885 bits per heavy atom. The van der Waals surface area contributed by atoms with Crippen LogP contribution >= 0.6 is 0 Å². The van der Waals surface area contributed by atoms with Crippen LogP contribution in [0.2, 0.25) is 0 Å². The third-order valence-corrected chi connectivity index (χ3v) is 0. The molecule has 0 aliphatic carbocycles. The summed E-state index contributed by atoms with van der Waals surface area (Å²) in [4.78, 5) is 0. The summed E-state index contributed by atoms with van der Waals surface area (Å²) < 4.78 is 0. The van der Waals surface area contributed by atoms with Gasteiger partial charge in [0, 0.05) is 2380 Å². The summed E-state index contributed by atoms with van der Waals surface area (Å²) in [5.41, 5.74) is 0. The maximum Gasteiger partial charge on any atom is 0 e. The first-order chi connectivity index (χ1) is 0. The van der Waals surface area contributed by atoms with Gasteiger partial charge in [-0.25, -0.2) is 0 Å². The van der Waals surface area contributed by atoms with Gasteiger partial charge in [0.2, 0.25) is 0 Å². The van der Waals surface area contributed by atoms with Crippen LogP contribution in [-0.4, -0.2) is 0 Å². The van der Waals surface area contributed by atoms with Crippen molar-refractivity contribution in [2.75, 3.05) is 0 Å². The van der Waals surface area contributed by atoms with Gasteiger partial charge < -0.3 is 0 Å². The van der Waals surface area contributed by atoms with Crippen LogP contribution in [0.3, 0.4) is 0 Å². The SMILES string of the molecule is [Pt].[Pt].[Pt].[Pt].[Pt].[Pt].[Pt].[Pt].[Pt].[Pt].[Pt].[Pt].[Pt].[Pt].[Pt].[Pt].[Pt].[Pt].[Pt].[Pt].[Pt].[Pt].[Pt].[Pt].[Pt].[Pt].[Pt].[Pt].[Pt].[Pt].[Pt].[Pt].[Pt].[Pt].[Pt].[Pt].[Pt].[Pt].[Pt].[Pt].[Pt].[Pt].[Pt].[Pt].[Pt].[Pt].[Pt].[Pt].[Pt].[Pt].[Pt].[Pt].[Pt].[Pt].[Pt].[Pt].[Pt].[Pt].[Pt].[Pt].[Pt].[Pt].[Pt].[Pt].[Pt].[Pt].[Pt].[Pt].[Pt].[Pt].[Pt].[Pt].[Pt].[Pt].[Pt].[Pt].[Pt].[Pt].[Pt].[Pt].[Pt].[Pt].[Pt].[Pt].[Pt].[Pt].[Pt].[Pt].[Pt].[Pt].[Pt].[Pt].[Pt].[Pt].[Pt].[Pt].[Pt].[Pt].[Pt].[Pt].[Pt].[Pt].[Pt].[Pt].[Pt].[Pt].[Pt].[Pt].[Pt].[Pt].[Pt].[Pt].[Pt]. The third kappa shape index (κ3) is 1110. The van der Waals surface area contributed by atoms with Crippen molar-refractivity contribution >= 4 is 0 Å². The van der Waals surface area contributed by atoms with Crippen molar-refractivity contribution in [3.63, 3.8) is 0 Å². The van der Waals surface area contributed by atoms with E-state index in [9.17, 15) is 0 Å². The molecule has 0 heterocycles. The van der Waals surface area contributed by atoms with Gasteiger partial charge in [0.25, 0.3) is 0 Å². The Balaban J connectivity index is 0. The Kier molecular flexibility index (Phi) is 11200. The summed E-state index contributed by atoms with van der Waals surface area (Å²) in [7, 11) is 0. The van der Waals surface area contributed by atoms with E-state index in [0.717, 1.165) is 0 Å². The Bertz CT molecular complexity index is 0. The fourth-order valence-corrected chi connectivity index (χ4v) is 0. The van der Waals surface area contributed by atoms with Crippen molar-refractivity contribution in [3.05, 3.63) is 0 Å². The molecule has 0 bridgehead atoms. The topological polar surface area (TPSA) is 0 Å². The zero-order valence-electron chi connectivity index (χ0n) is 35.7. The molecular formula is Pt113. The van der Waals surface area contributed by atoms with Crippen molar-refractivity contribution in [2.24, 2.45) is 0 Å². The molecule has 0 fully saturated rings. The van der Waals surface area contributed by atoms with Crippen LogP contribution in [0, 0.1) is 0 Å². The molecular weight excluding hydrogens is 22000 g/mol. The maximum atomic E-state index is 0. The molecule has 0 amide bonds. The van der Waals surface area contributed by atoms with Crippen LogP contribution in [0.5, 0.6) is 0 Å². The summed E-state index contributed by atoms with van der Waals surface area (Å²) in [6.07, 6.45) is 0. The Morgan fingerprint density at radius 1 is 0.00885 bits per heavy atom. The summed E-state index contributed by atoms with van der Waals surface area (Å²) in [6.45, 7) is 0. The van der Waals surface area contributed by atoms with Gasteiger partial charge in [0.1, 0.15) is 0 Å². The quantitative estimate of drug-likeness (QED) is 0.314. The molecule has 0 nitrogen and oxygen atoms in total. The standard InChI is InChI=1S/113Pt. The van der Waals surface area contributed by atoms with Gasteiger partial charge in [-0.15, -0.1) is 0 Å². The fourth-order valence-electron chi connectivity index (χ4n) is 0. The van der Waals surface area contributed by atoms with Gasteiger partial charge in [-0.2, -0.15) is 0 Å². The normalized spacial score (nSPS) is 0.